The van der Waals surface area contributed by atoms with Crippen LogP contribution in [0.25, 0.3) is 0 Å². The van der Waals surface area contributed by atoms with E-state index >= 15 is 0 Å². The van der Waals surface area contributed by atoms with Crippen molar-refractivity contribution < 1.29 is 35.9 Å². The number of ether oxygens (including phenoxy) is 2. The molecule has 10 heteroatoms. The van der Waals surface area contributed by atoms with Gasteiger partial charge < -0.3 is 18.3 Å². The molecule has 0 aliphatic rings. The Bertz CT molecular complexity index is 1080. The molecular formula is C19H18FNO7S. The summed E-state index contributed by atoms with van der Waals surface area (Å²) in [6.45, 7) is -0.216. The molecule has 0 unspecified atom stereocenters. The maximum absolute atomic E-state index is 12.9. The molecule has 8 nitrogen and oxygen atoms in total. The summed E-state index contributed by atoms with van der Waals surface area (Å²) >= 11 is 0. The molecule has 0 radical (unpaired) electrons. The number of esters is 1. The Morgan fingerprint density at radius 1 is 0.966 bits per heavy atom. The molecule has 0 atom stereocenters. The molecule has 0 bridgehead atoms. The molecule has 29 heavy (non-hydrogen) atoms. The van der Waals surface area contributed by atoms with E-state index in [1.165, 1.54) is 56.6 Å². The average Bonchev–Trinajstić information content (AvgIpc) is 3.35. The van der Waals surface area contributed by atoms with Crippen molar-refractivity contribution in [3.05, 3.63) is 71.6 Å². The van der Waals surface area contributed by atoms with Crippen molar-refractivity contribution in [3.8, 4) is 5.75 Å². The number of sulfonamides is 1. The highest BCUT2D eigenvalue weighted by Gasteiger charge is 2.22. The number of carbonyl (C=O) groups is 1. The molecule has 0 aliphatic heterocycles. The first-order valence-electron chi connectivity index (χ1n) is 8.41. The van der Waals surface area contributed by atoms with Crippen LogP contribution in [0.3, 0.4) is 0 Å². The predicted octanol–water partition coefficient (Wildman–Crippen LogP) is 3.20. The molecule has 0 saturated carbocycles. The van der Waals surface area contributed by atoms with Crippen molar-refractivity contribution in [2.75, 3.05) is 14.1 Å². The smallest absolute Gasteiger partial charge is 0.374 e. The highest BCUT2D eigenvalue weighted by Crippen LogP contribution is 2.19. The van der Waals surface area contributed by atoms with Gasteiger partial charge >= 0.3 is 5.97 Å². The van der Waals surface area contributed by atoms with Crippen LogP contribution in [0, 0.1) is 5.82 Å². The highest BCUT2D eigenvalue weighted by molar-refractivity contribution is 7.88. The van der Waals surface area contributed by atoms with Crippen LogP contribution < -0.4 is 4.74 Å². The van der Waals surface area contributed by atoms with E-state index in [1.807, 2.05) is 0 Å². The third kappa shape index (κ3) is 5.04. The van der Waals surface area contributed by atoms with Gasteiger partial charge in [0.15, 0.2) is 0 Å². The van der Waals surface area contributed by atoms with Crippen LogP contribution in [0.4, 0.5) is 4.39 Å². The molecular weight excluding hydrogens is 405 g/mol. The third-order valence-electron chi connectivity index (χ3n) is 3.78. The summed E-state index contributed by atoms with van der Waals surface area (Å²) < 4.78 is 58.9. The predicted molar refractivity (Wildman–Crippen MR) is 98.1 cm³/mol. The Hall–Kier alpha value is -3.11. The molecule has 0 fully saturated rings. The van der Waals surface area contributed by atoms with Gasteiger partial charge in [-0.2, -0.15) is 0 Å². The number of carbonyl (C=O) groups excluding carboxylic acids is 1. The SMILES string of the molecule is CN(C)S(=O)(=O)c1ccc(COC(=O)c2ccc(COc3ccc(F)cc3)o2)o1. The lowest BCUT2D eigenvalue weighted by molar-refractivity contribution is 0.0400. The van der Waals surface area contributed by atoms with Crippen molar-refractivity contribution in [2.24, 2.45) is 0 Å². The van der Waals surface area contributed by atoms with E-state index in [9.17, 15) is 17.6 Å². The number of hydrogen-bond acceptors (Lipinski definition) is 7. The normalized spacial score (nSPS) is 11.6. The third-order valence-corrected chi connectivity index (χ3v) is 5.46. The lowest BCUT2D eigenvalue weighted by Gasteiger charge is -2.07. The van der Waals surface area contributed by atoms with E-state index in [4.69, 9.17) is 18.3 Å². The standard InChI is InChI=1S/C19H18FNO7S/c1-21(2)29(23,24)18-10-8-16(28-18)12-26-19(22)17-9-7-15(27-17)11-25-14-5-3-13(20)4-6-14/h3-10H,11-12H2,1-2H3. The Labute approximate surface area is 166 Å². The van der Waals surface area contributed by atoms with Crippen molar-refractivity contribution in [3.63, 3.8) is 0 Å². The van der Waals surface area contributed by atoms with Crippen molar-refractivity contribution in [2.45, 2.75) is 18.3 Å². The van der Waals surface area contributed by atoms with Crippen LogP contribution in [0.15, 0.2) is 62.5 Å². The van der Waals surface area contributed by atoms with Gasteiger partial charge in [-0.3, -0.25) is 0 Å². The molecule has 0 N–H and O–H groups in total. The first-order valence-corrected chi connectivity index (χ1v) is 9.85. The zero-order valence-electron chi connectivity index (χ0n) is 15.6. The molecule has 0 amide bonds. The van der Waals surface area contributed by atoms with Crippen LogP contribution in [0.5, 0.6) is 5.75 Å². The van der Waals surface area contributed by atoms with E-state index in [2.05, 4.69) is 0 Å². The summed E-state index contributed by atoms with van der Waals surface area (Å²) in [5.74, 6) is -0.165. The lowest BCUT2D eigenvalue weighted by Crippen LogP contribution is -2.21. The molecule has 0 saturated heterocycles. The quantitative estimate of drug-likeness (QED) is 0.513. The van der Waals surface area contributed by atoms with Gasteiger partial charge in [-0.25, -0.2) is 21.9 Å². The van der Waals surface area contributed by atoms with Crippen molar-refractivity contribution in [1.82, 2.24) is 4.31 Å². The number of benzene rings is 1. The van der Waals surface area contributed by atoms with E-state index in [0.717, 1.165) is 4.31 Å². The second-order valence-electron chi connectivity index (χ2n) is 6.09. The van der Waals surface area contributed by atoms with Crippen LogP contribution >= 0.6 is 0 Å². The van der Waals surface area contributed by atoms with Gasteiger partial charge in [-0.1, -0.05) is 0 Å². The molecule has 2 aromatic heterocycles. The maximum atomic E-state index is 12.9. The fourth-order valence-corrected chi connectivity index (χ4v) is 3.02. The molecule has 0 aliphatic carbocycles. The highest BCUT2D eigenvalue weighted by atomic mass is 32.2. The van der Waals surface area contributed by atoms with Gasteiger partial charge in [0, 0.05) is 14.1 Å². The second-order valence-corrected chi connectivity index (χ2v) is 8.18. The van der Waals surface area contributed by atoms with Crippen LogP contribution in [0.1, 0.15) is 22.1 Å². The molecule has 3 rings (SSSR count). The first kappa shape index (κ1) is 20.6. The largest absolute Gasteiger partial charge is 0.486 e. The monoisotopic (exact) mass is 423 g/mol. The molecule has 1 aromatic carbocycles. The van der Waals surface area contributed by atoms with Crippen molar-refractivity contribution >= 4 is 16.0 Å². The zero-order valence-corrected chi connectivity index (χ0v) is 16.4. The van der Waals surface area contributed by atoms with E-state index < -0.39 is 16.0 Å². The summed E-state index contributed by atoms with van der Waals surface area (Å²) in [6, 6.07) is 11.2. The fraction of sp³-hybridized carbons (Fsp3) is 0.211. The fourth-order valence-electron chi connectivity index (χ4n) is 2.21. The van der Waals surface area contributed by atoms with E-state index in [1.54, 1.807) is 6.07 Å². The van der Waals surface area contributed by atoms with Crippen LogP contribution in [0.2, 0.25) is 0 Å². The second kappa shape index (κ2) is 8.50. The van der Waals surface area contributed by atoms with Gasteiger partial charge in [-0.15, -0.1) is 0 Å². The first-order chi connectivity index (χ1) is 13.8. The van der Waals surface area contributed by atoms with Gasteiger partial charge in [0.1, 0.15) is 36.3 Å². The summed E-state index contributed by atoms with van der Waals surface area (Å²) in [6.07, 6.45) is 0. The Morgan fingerprint density at radius 2 is 1.62 bits per heavy atom. The summed E-state index contributed by atoms with van der Waals surface area (Å²) in [7, 11) is -0.941. The number of hydrogen-bond donors (Lipinski definition) is 0. The Balaban J connectivity index is 1.54. The van der Waals surface area contributed by atoms with Gasteiger partial charge in [0.25, 0.3) is 10.0 Å². The maximum Gasteiger partial charge on any atom is 0.374 e. The summed E-state index contributed by atoms with van der Waals surface area (Å²) in [5, 5.41) is -0.244. The van der Waals surface area contributed by atoms with Crippen molar-refractivity contribution in [1.29, 1.82) is 0 Å². The van der Waals surface area contributed by atoms with Gasteiger partial charge in [0.05, 0.1) is 0 Å². The zero-order chi connectivity index (χ0) is 21.0. The Kier molecular flexibility index (Phi) is 6.04. The Morgan fingerprint density at radius 3 is 2.31 bits per heavy atom. The van der Waals surface area contributed by atoms with Gasteiger partial charge in [-0.05, 0) is 48.5 Å². The molecule has 154 valence electrons. The number of furan rings is 2. The summed E-state index contributed by atoms with van der Waals surface area (Å²) in [5.41, 5.74) is 0. The molecule has 0 spiro atoms. The lowest BCUT2D eigenvalue weighted by atomic mass is 10.3. The van der Waals surface area contributed by atoms with E-state index in [-0.39, 0.29) is 35.6 Å². The minimum atomic E-state index is -3.70. The van der Waals surface area contributed by atoms with Crippen LogP contribution in [-0.4, -0.2) is 32.8 Å². The minimum absolute atomic E-state index is 0.0445. The molecule has 3 aromatic rings. The van der Waals surface area contributed by atoms with Crippen LogP contribution in [-0.2, 0) is 28.0 Å². The number of rotatable bonds is 8. The number of halogens is 1. The number of nitrogens with zero attached hydrogens (tertiary/aromatic N) is 1. The topological polar surface area (TPSA) is 99.2 Å². The average molecular weight is 423 g/mol. The molecule has 2 heterocycles. The van der Waals surface area contributed by atoms with Gasteiger partial charge in [0.2, 0.25) is 10.9 Å². The summed E-state index contributed by atoms with van der Waals surface area (Å²) in [4.78, 5) is 12.1. The van der Waals surface area contributed by atoms with E-state index in [0.29, 0.717) is 11.5 Å². The minimum Gasteiger partial charge on any atom is -0.486 e.